The second-order valence-electron chi connectivity index (χ2n) is 9.09. The van der Waals surface area contributed by atoms with Crippen LogP contribution in [0, 0.1) is 10.8 Å². The molecule has 1 saturated heterocycles. The highest BCUT2D eigenvalue weighted by atomic mass is 16.1. The fourth-order valence-corrected chi connectivity index (χ4v) is 4.47. The molecule has 0 aromatic carbocycles. The molecule has 0 saturated carbocycles. The van der Waals surface area contributed by atoms with E-state index in [0.717, 1.165) is 25.2 Å². The first-order valence-electron chi connectivity index (χ1n) is 9.33. The Morgan fingerprint density at radius 1 is 1.29 bits per heavy atom. The summed E-state index contributed by atoms with van der Waals surface area (Å²) in [5.41, 5.74) is 3.01. The lowest BCUT2D eigenvalue weighted by Gasteiger charge is -2.42. The Hall–Kier alpha value is -1.32. The van der Waals surface area contributed by atoms with Crippen molar-refractivity contribution in [2.75, 3.05) is 6.54 Å². The zero-order valence-electron chi connectivity index (χ0n) is 16.8. The van der Waals surface area contributed by atoms with Gasteiger partial charge in [0.05, 0.1) is 12.1 Å². The Morgan fingerprint density at radius 2 is 1.92 bits per heavy atom. The number of amidine groups is 1. The standard InChI is InChI=1S/C20H35N3O/c1-9-10-20(7,8)17-13(2)21-18(19(4,5)6)23-12-15(11-16(17)23)22-14(3)24/h13,15H,9-12H2,1-8H3,(H,22,24)/t13-,15+/m0/s1. The van der Waals surface area contributed by atoms with Crippen LogP contribution in [0.3, 0.4) is 0 Å². The first-order chi connectivity index (χ1) is 11.0. The van der Waals surface area contributed by atoms with Gasteiger partial charge in [-0.05, 0) is 24.3 Å². The summed E-state index contributed by atoms with van der Waals surface area (Å²) in [4.78, 5) is 19.1. The summed E-state index contributed by atoms with van der Waals surface area (Å²) >= 11 is 0. The monoisotopic (exact) mass is 333 g/mol. The van der Waals surface area contributed by atoms with E-state index in [1.807, 2.05) is 0 Å². The highest BCUT2D eigenvalue weighted by Crippen LogP contribution is 2.44. The van der Waals surface area contributed by atoms with E-state index in [4.69, 9.17) is 4.99 Å². The first-order valence-corrected chi connectivity index (χ1v) is 9.33. The van der Waals surface area contributed by atoms with Gasteiger partial charge in [0.2, 0.25) is 5.91 Å². The summed E-state index contributed by atoms with van der Waals surface area (Å²) in [5, 5.41) is 3.12. The number of fused-ring (bicyclic) bond motifs is 1. The topological polar surface area (TPSA) is 44.7 Å². The van der Waals surface area contributed by atoms with Gasteiger partial charge >= 0.3 is 0 Å². The number of hydrogen-bond donors (Lipinski definition) is 1. The molecule has 2 heterocycles. The third-order valence-corrected chi connectivity index (χ3v) is 5.15. The maximum atomic E-state index is 11.6. The number of amides is 1. The van der Waals surface area contributed by atoms with E-state index in [2.05, 4.69) is 58.7 Å². The van der Waals surface area contributed by atoms with E-state index < -0.39 is 0 Å². The van der Waals surface area contributed by atoms with Crippen LogP contribution in [0.15, 0.2) is 16.3 Å². The predicted molar refractivity (Wildman–Crippen MR) is 101 cm³/mol. The van der Waals surface area contributed by atoms with Crippen molar-refractivity contribution in [3.05, 3.63) is 11.3 Å². The fourth-order valence-electron chi connectivity index (χ4n) is 4.47. The SMILES string of the molecule is CCCC(C)(C)C1=C2C[C@@H](NC(C)=O)CN2C(C(C)(C)C)=N[C@H]1C. The summed E-state index contributed by atoms with van der Waals surface area (Å²) in [6, 6.07) is 0.394. The molecule has 1 fully saturated rings. The summed E-state index contributed by atoms with van der Waals surface area (Å²) in [7, 11) is 0. The second-order valence-corrected chi connectivity index (χ2v) is 9.09. The van der Waals surface area contributed by atoms with Gasteiger partial charge in [0, 0.05) is 31.0 Å². The lowest BCUT2D eigenvalue weighted by molar-refractivity contribution is -0.119. The lowest BCUT2D eigenvalue weighted by Crippen LogP contribution is -2.45. The number of aliphatic imine (C=N–C) groups is 1. The highest BCUT2D eigenvalue weighted by molar-refractivity contribution is 5.90. The predicted octanol–water partition coefficient (Wildman–Crippen LogP) is 4.12. The third-order valence-electron chi connectivity index (χ3n) is 5.15. The molecule has 0 bridgehead atoms. The summed E-state index contributed by atoms with van der Waals surface area (Å²) in [5.74, 6) is 1.21. The number of rotatable bonds is 4. The van der Waals surface area contributed by atoms with Crippen molar-refractivity contribution in [1.29, 1.82) is 0 Å². The van der Waals surface area contributed by atoms with Crippen molar-refractivity contribution in [1.82, 2.24) is 10.2 Å². The maximum absolute atomic E-state index is 11.6. The van der Waals surface area contributed by atoms with E-state index in [9.17, 15) is 4.79 Å². The molecule has 24 heavy (non-hydrogen) atoms. The molecule has 4 heteroatoms. The molecule has 136 valence electrons. The van der Waals surface area contributed by atoms with Crippen LogP contribution < -0.4 is 5.32 Å². The quantitative estimate of drug-likeness (QED) is 0.841. The van der Waals surface area contributed by atoms with Crippen LogP contribution in [-0.4, -0.2) is 35.3 Å². The van der Waals surface area contributed by atoms with Crippen molar-refractivity contribution in [3.8, 4) is 0 Å². The molecular weight excluding hydrogens is 298 g/mol. The van der Waals surface area contributed by atoms with E-state index in [0.29, 0.717) is 0 Å². The molecule has 0 unspecified atom stereocenters. The molecule has 2 atom stereocenters. The summed E-state index contributed by atoms with van der Waals surface area (Å²) in [6.45, 7) is 18.3. The van der Waals surface area contributed by atoms with Gasteiger partial charge in [0.15, 0.2) is 0 Å². The van der Waals surface area contributed by atoms with Crippen LogP contribution in [0.2, 0.25) is 0 Å². The number of carbonyl (C=O) groups excluding carboxylic acids is 1. The molecule has 1 amide bonds. The molecule has 4 nitrogen and oxygen atoms in total. The van der Waals surface area contributed by atoms with Gasteiger partial charge in [-0.2, -0.15) is 0 Å². The molecule has 0 aliphatic carbocycles. The Kier molecular flexibility index (Phi) is 5.17. The Balaban J connectivity index is 2.48. The Labute approximate surface area is 147 Å². The Morgan fingerprint density at radius 3 is 2.42 bits per heavy atom. The average molecular weight is 334 g/mol. The van der Waals surface area contributed by atoms with Crippen molar-refractivity contribution >= 4 is 11.7 Å². The smallest absolute Gasteiger partial charge is 0.217 e. The summed E-state index contributed by atoms with van der Waals surface area (Å²) in [6.07, 6.45) is 3.25. The third kappa shape index (κ3) is 3.68. The first kappa shape index (κ1) is 19.0. The minimum atomic E-state index is 0.00501. The van der Waals surface area contributed by atoms with Crippen LogP contribution in [0.1, 0.15) is 74.7 Å². The summed E-state index contributed by atoms with van der Waals surface area (Å²) < 4.78 is 0. The van der Waals surface area contributed by atoms with Gasteiger partial charge in [-0.3, -0.25) is 9.79 Å². The van der Waals surface area contributed by atoms with E-state index in [1.54, 1.807) is 6.92 Å². The highest BCUT2D eigenvalue weighted by Gasteiger charge is 2.43. The van der Waals surface area contributed by atoms with Crippen LogP contribution >= 0.6 is 0 Å². The average Bonchev–Trinajstić information content (AvgIpc) is 2.77. The molecule has 2 rings (SSSR count). The minimum Gasteiger partial charge on any atom is -0.351 e. The molecular formula is C20H35N3O. The lowest BCUT2D eigenvalue weighted by atomic mass is 9.74. The maximum Gasteiger partial charge on any atom is 0.217 e. The van der Waals surface area contributed by atoms with Crippen LogP contribution in [0.4, 0.5) is 0 Å². The minimum absolute atomic E-state index is 0.00501. The number of hydrogen-bond acceptors (Lipinski definition) is 3. The number of carbonyl (C=O) groups is 1. The van der Waals surface area contributed by atoms with Crippen molar-refractivity contribution < 1.29 is 4.79 Å². The van der Waals surface area contributed by atoms with E-state index >= 15 is 0 Å². The zero-order chi connectivity index (χ0) is 18.3. The molecule has 1 N–H and O–H groups in total. The Bertz CT molecular complexity index is 566. The van der Waals surface area contributed by atoms with Gasteiger partial charge in [0.1, 0.15) is 5.84 Å². The molecule has 0 radical (unpaired) electrons. The molecule has 0 aromatic heterocycles. The van der Waals surface area contributed by atoms with Gasteiger partial charge in [0.25, 0.3) is 0 Å². The molecule has 0 spiro atoms. The second kappa shape index (κ2) is 6.53. The molecule has 0 aromatic rings. The van der Waals surface area contributed by atoms with Crippen molar-refractivity contribution in [2.24, 2.45) is 15.8 Å². The van der Waals surface area contributed by atoms with Crippen LogP contribution in [-0.2, 0) is 4.79 Å². The number of nitrogens with zero attached hydrogens (tertiary/aromatic N) is 2. The van der Waals surface area contributed by atoms with Gasteiger partial charge in [-0.25, -0.2) is 0 Å². The molecule has 2 aliphatic rings. The van der Waals surface area contributed by atoms with E-state index in [-0.39, 0.29) is 28.8 Å². The zero-order valence-corrected chi connectivity index (χ0v) is 16.8. The van der Waals surface area contributed by atoms with Crippen LogP contribution in [0.25, 0.3) is 0 Å². The fraction of sp³-hybridized carbons (Fsp3) is 0.800. The van der Waals surface area contributed by atoms with Gasteiger partial charge < -0.3 is 10.2 Å². The number of nitrogens with one attached hydrogen (secondary N) is 1. The van der Waals surface area contributed by atoms with Gasteiger partial charge in [-0.1, -0.05) is 48.0 Å². The van der Waals surface area contributed by atoms with Crippen LogP contribution in [0.5, 0.6) is 0 Å². The van der Waals surface area contributed by atoms with E-state index in [1.165, 1.54) is 17.7 Å². The van der Waals surface area contributed by atoms with Crippen molar-refractivity contribution in [3.63, 3.8) is 0 Å². The van der Waals surface area contributed by atoms with Crippen molar-refractivity contribution in [2.45, 2.75) is 86.7 Å². The molecule has 2 aliphatic heterocycles. The van der Waals surface area contributed by atoms with Gasteiger partial charge in [-0.15, -0.1) is 0 Å². The largest absolute Gasteiger partial charge is 0.351 e. The normalized spacial score (nSPS) is 24.8.